The molecule has 0 fully saturated rings. The third kappa shape index (κ3) is 1.64. The Bertz CT molecular complexity index is 736. The van der Waals surface area contributed by atoms with E-state index in [-0.39, 0.29) is 5.75 Å². The Morgan fingerprint density at radius 1 is 1.22 bits per heavy atom. The Balaban J connectivity index is 2.34. The summed E-state index contributed by atoms with van der Waals surface area (Å²) in [4.78, 5) is 4.43. The summed E-state index contributed by atoms with van der Waals surface area (Å²) in [6.07, 6.45) is 1.84. The van der Waals surface area contributed by atoms with Crippen LogP contribution in [0.15, 0.2) is 47.2 Å². The average molecular weight is 304 g/mol. The Labute approximate surface area is 112 Å². The van der Waals surface area contributed by atoms with Crippen LogP contribution in [0.5, 0.6) is 5.75 Å². The second kappa shape index (κ2) is 4.03. The molecule has 0 amide bonds. The highest BCUT2D eigenvalue weighted by Gasteiger charge is 2.13. The van der Waals surface area contributed by atoms with Crippen LogP contribution in [0.3, 0.4) is 0 Å². The molecule has 0 radical (unpaired) electrons. The van der Waals surface area contributed by atoms with Crippen LogP contribution in [0, 0.1) is 0 Å². The SMILES string of the molecule is Nc1ccn2c(-c3ccccc3O)nc(Br)c2c1. The molecular weight excluding hydrogens is 294 g/mol. The lowest BCUT2D eigenvalue weighted by Gasteiger charge is -2.03. The fraction of sp³-hybridized carbons (Fsp3) is 0. The predicted octanol–water partition coefficient (Wildman–Crippen LogP) is 3.05. The first-order valence-corrected chi connectivity index (χ1v) is 6.17. The number of nitrogens with zero attached hydrogens (tertiary/aromatic N) is 2. The Hall–Kier alpha value is -2.01. The van der Waals surface area contributed by atoms with Crippen LogP contribution < -0.4 is 5.73 Å². The molecule has 3 aromatic rings. The van der Waals surface area contributed by atoms with Crippen LogP contribution in [0.2, 0.25) is 0 Å². The number of hydrogen-bond acceptors (Lipinski definition) is 3. The fourth-order valence-corrected chi connectivity index (χ4v) is 2.39. The number of halogens is 1. The lowest BCUT2D eigenvalue weighted by atomic mass is 10.2. The van der Waals surface area contributed by atoms with Crippen molar-refractivity contribution in [1.82, 2.24) is 9.38 Å². The molecule has 3 N–H and O–H groups in total. The molecule has 2 heterocycles. The van der Waals surface area contributed by atoms with Gasteiger partial charge in [0.25, 0.3) is 0 Å². The number of imidazole rings is 1. The number of nitrogens with two attached hydrogens (primary N) is 1. The van der Waals surface area contributed by atoms with Crippen molar-refractivity contribution in [3.05, 3.63) is 47.2 Å². The molecule has 4 nitrogen and oxygen atoms in total. The number of anilines is 1. The van der Waals surface area contributed by atoms with Crippen molar-refractivity contribution in [2.24, 2.45) is 0 Å². The maximum atomic E-state index is 9.89. The number of fused-ring (bicyclic) bond motifs is 1. The molecule has 0 aliphatic heterocycles. The van der Waals surface area contributed by atoms with Crippen LogP contribution in [0.1, 0.15) is 0 Å². The number of pyridine rings is 1. The van der Waals surface area contributed by atoms with Crippen molar-refractivity contribution in [3.8, 4) is 17.1 Å². The molecule has 18 heavy (non-hydrogen) atoms. The zero-order chi connectivity index (χ0) is 12.7. The van der Waals surface area contributed by atoms with Gasteiger partial charge in [0.1, 0.15) is 16.2 Å². The maximum Gasteiger partial charge on any atom is 0.149 e. The Kier molecular flexibility index (Phi) is 2.48. The van der Waals surface area contributed by atoms with Crippen molar-refractivity contribution in [3.63, 3.8) is 0 Å². The second-order valence-electron chi connectivity index (χ2n) is 3.96. The smallest absolute Gasteiger partial charge is 0.149 e. The first-order chi connectivity index (χ1) is 8.66. The molecule has 0 aliphatic carbocycles. The van der Waals surface area contributed by atoms with Crippen molar-refractivity contribution in [1.29, 1.82) is 0 Å². The summed E-state index contributed by atoms with van der Waals surface area (Å²) < 4.78 is 2.59. The predicted molar refractivity (Wildman–Crippen MR) is 74.4 cm³/mol. The standard InChI is InChI=1S/C13H10BrN3O/c14-12-10-7-8(15)5-6-17(10)13(16-12)9-3-1-2-4-11(9)18/h1-7,18H,15H2. The average Bonchev–Trinajstić information content (AvgIpc) is 2.67. The summed E-state index contributed by atoms with van der Waals surface area (Å²) in [5.74, 6) is 0.878. The van der Waals surface area contributed by atoms with Gasteiger partial charge < -0.3 is 10.8 Å². The fourth-order valence-electron chi connectivity index (χ4n) is 1.92. The third-order valence-corrected chi connectivity index (χ3v) is 3.35. The van der Waals surface area contributed by atoms with Gasteiger partial charge in [-0.05, 0) is 40.2 Å². The molecule has 3 rings (SSSR count). The zero-order valence-electron chi connectivity index (χ0n) is 9.34. The van der Waals surface area contributed by atoms with E-state index in [1.165, 1.54) is 0 Å². The first kappa shape index (κ1) is 11.1. The molecule has 0 atom stereocenters. The number of rotatable bonds is 1. The van der Waals surface area contributed by atoms with E-state index in [0.717, 1.165) is 5.52 Å². The highest BCUT2D eigenvalue weighted by Crippen LogP contribution is 2.31. The third-order valence-electron chi connectivity index (χ3n) is 2.77. The highest BCUT2D eigenvalue weighted by atomic mass is 79.9. The summed E-state index contributed by atoms with van der Waals surface area (Å²) in [6, 6.07) is 10.7. The monoisotopic (exact) mass is 303 g/mol. The molecule has 0 aliphatic rings. The summed E-state index contributed by atoms with van der Waals surface area (Å²) in [6.45, 7) is 0. The van der Waals surface area contributed by atoms with Gasteiger partial charge in [-0.1, -0.05) is 12.1 Å². The van der Waals surface area contributed by atoms with Crippen LogP contribution in [-0.2, 0) is 0 Å². The van der Waals surface area contributed by atoms with Gasteiger partial charge in [0.05, 0.1) is 11.1 Å². The van der Waals surface area contributed by atoms with Gasteiger partial charge in [0, 0.05) is 11.9 Å². The molecule has 1 aromatic carbocycles. The minimum atomic E-state index is 0.203. The van der Waals surface area contributed by atoms with Crippen LogP contribution in [0.25, 0.3) is 16.9 Å². The lowest BCUT2D eigenvalue weighted by Crippen LogP contribution is -1.91. The first-order valence-electron chi connectivity index (χ1n) is 5.38. The van der Waals surface area contributed by atoms with Crippen molar-refractivity contribution < 1.29 is 5.11 Å². The van der Waals surface area contributed by atoms with E-state index in [1.54, 1.807) is 18.2 Å². The number of phenolic OH excluding ortho intramolecular Hbond substituents is 1. The topological polar surface area (TPSA) is 63.5 Å². The van der Waals surface area contributed by atoms with E-state index >= 15 is 0 Å². The van der Waals surface area contributed by atoms with Crippen LogP contribution >= 0.6 is 15.9 Å². The van der Waals surface area contributed by atoms with E-state index in [9.17, 15) is 5.11 Å². The quantitative estimate of drug-likeness (QED) is 0.726. The molecular formula is C13H10BrN3O. The summed E-state index contributed by atoms with van der Waals surface area (Å²) >= 11 is 3.40. The number of phenols is 1. The van der Waals surface area contributed by atoms with E-state index in [2.05, 4.69) is 20.9 Å². The number of hydrogen-bond donors (Lipinski definition) is 2. The number of para-hydroxylation sites is 1. The van der Waals surface area contributed by atoms with Gasteiger partial charge in [-0.3, -0.25) is 4.40 Å². The number of aromatic hydroxyl groups is 1. The van der Waals surface area contributed by atoms with Gasteiger partial charge >= 0.3 is 0 Å². The summed E-state index contributed by atoms with van der Waals surface area (Å²) in [5, 5.41) is 9.89. The van der Waals surface area contributed by atoms with E-state index < -0.39 is 0 Å². The summed E-state index contributed by atoms with van der Waals surface area (Å²) in [7, 11) is 0. The molecule has 90 valence electrons. The Morgan fingerprint density at radius 2 is 2.00 bits per heavy atom. The molecule has 0 saturated heterocycles. The normalized spacial score (nSPS) is 10.9. The molecule has 0 spiro atoms. The molecule has 0 unspecified atom stereocenters. The molecule has 2 aromatic heterocycles. The van der Waals surface area contributed by atoms with Gasteiger partial charge in [0.2, 0.25) is 0 Å². The van der Waals surface area contributed by atoms with E-state index in [0.29, 0.717) is 21.7 Å². The zero-order valence-corrected chi connectivity index (χ0v) is 10.9. The molecule has 0 saturated carbocycles. The highest BCUT2D eigenvalue weighted by molar-refractivity contribution is 9.10. The van der Waals surface area contributed by atoms with Gasteiger partial charge in [-0.25, -0.2) is 4.98 Å². The minimum Gasteiger partial charge on any atom is -0.507 e. The van der Waals surface area contributed by atoms with Gasteiger partial charge in [-0.15, -0.1) is 0 Å². The number of aromatic nitrogens is 2. The number of benzene rings is 1. The lowest BCUT2D eigenvalue weighted by molar-refractivity contribution is 0.477. The maximum absolute atomic E-state index is 9.89. The second-order valence-corrected chi connectivity index (χ2v) is 4.71. The summed E-state index contributed by atoms with van der Waals surface area (Å²) in [5.41, 5.74) is 7.98. The van der Waals surface area contributed by atoms with Crippen LogP contribution in [-0.4, -0.2) is 14.5 Å². The van der Waals surface area contributed by atoms with Crippen molar-refractivity contribution in [2.45, 2.75) is 0 Å². The molecule has 0 bridgehead atoms. The van der Waals surface area contributed by atoms with E-state index in [1.807, 2.05) is 28.8 Å². The van der Waals surface area contributed by atoms with Gasteiger partial charge in [-0.2, -0.15) is 0 Å². The van der Waals surface area contributed by atoms with Gasteiger partial charge in [0.15, 0.2) is 0 Å². The van der Waals surface area contributed by atoms with Crippen molar-refractivity contribution in [2.75, 3.05) is 5.73 Å². The number of nitrogen functional groups attached to an aromatic ring is 1. The molecule has 5 heteroatoms. The Morgan fingerprint density at radius 3 is 2.78 bits per heavy atom. The van der Waals surface area contributed by atoms with Crippen LogP contribution in [0.4, 0.5) is 5.69 Å². The van der Waals surface area contributed by atoms with Crippen molar-refractivity contribution >= 4 is 27.1 Å². The largest absolute Gasteiger partial charge is 0.507 e. The minimum absolute atomic E-state index is 0.203. The van der Waals surface area contributed by atoms with E-state index in [4.69, 9.17) is 5.73 Å².